The van der Waals surface area contributed by atoms with E-state index >= 15 is 0 Å². The summed E-state index contributed by atoms with van der Waals surface area (Å²) in [5.41, 5.74) is 0.538. The molecule has 1 N–H and O–H groups in total. The summed E-state index contributed by atoms with van der Waals surface area (Å²) in [5.74, 6) is -0.113. The lowest BCUT2D eigenvalue weighted by Gasteiger charge is -2.04. The molecule has 0 bridgehead atoms. The number of carbonyl (C=O) groups is 1. The lowest BCUT2D eigenvalue weighted by atomic mass is 10.0. The molecule has 0 aliphatic heterocycles. The summed E-state index contributed by atoms with van der Waals surface area (Å²) in [7, 11) is 0. The van der Waals surface area contributed by atoms with Gasteiger partial charge in [-0.1, -0.05) is 26.3 Å². The molecule has 0 saturated heterocycles. The Labute approximate surface area is 74.3 Å². The third-order valence-electron chi connectivity index (χ3n) is 1.85. The van der Waals surface area contributed by atoms with Crippen LogP contribution in [0.15, 0.2) is 11.6 Å². The number of allylic oxidation sites excluding steroid dienone is 1. The Morgan fingerprint density at radius 3 is 2.42 bits per heavy atom. The fourth-order valence-corrected chi connectivity index (χ4v) is 1.08. The molecule has 0 aromatic carbocycles. The molecule has 0 amide bonds. The van der Waals surface area contributed by atoms with Crippen molar-refractivity contribution in [1.29, 1.82) is 0 Å². The molecule has 0 aliphatic rings. The van der Waals surface area contributed by atoms with Crippen molar-refractivity contribution in [3.05, 3.63) is 11.6 Å². The third kappa shape index (κ3) is 4.94. The normalized spacial score (nSPS) is 12.2. The van der Waals surface area contributed by atoms with Crippen molar-refractivity contribution < 1.29 is 9.90 Å². The molecule has 70 valence electrons. The molecule has 2 nitrogen and oxygen atoms in total. The van der Waals surface area contributed by atoms with Crippen molar-refractivity contribution >= 4 is 5.97 Å². The van der Waals surface area contributed by atoms with Gasteiger partial charge in [-0.15, -0.1) is 0 Å². The van der Waals surface area contributed by atoms with Gasteiger partial charge in [0.05, 0.1) is 0 Å². The zero-order valence-electron chi connectivity index (χ0n) is 8.13. The number of rotatable bonds is 5. The van der Waals surface area contributed by atoms with Gasteiger partial charge in [0.2, 0.25) is 0 Å². The van der Waals surface area contributed by atoms with Crippen molar-refractivity contribution in [2.45, 2.75) is 40.0 Å². The molecule has 0 aromatic rings. The Kier molecular flexibility index (Phi) is 5.43. The highest BCUT2D eigenvalue weighted by Gasteiger charge is 2.05. The Hall–Kier alpha value is -0.790. The zero-order valence-corrected chi connectivity index (χ0v) is 8.13. The van der Waals surface area contributed by atoms with Crippen LogP contribution in [0.25, 0.3) is 0 Å². The van der Waals surface area contributed by atoms with Crippen LogP contribution in [0.4, 0.5) is 0 Å². The smallest absolute Gasteiger partial charge is 0.331 e. The fourth-order valence-electron chi connectivity index (χ4n) is 1.08. The second-order valence-electron chi connectivity index (χ2n) is 3.41. The van der Waals surface area contributed by atoms with E-state index in [-0.39, 0.29) is 0 Å². The first-order valence-corrected chi connectivity index (χ1v) is 4.46. The minimum atomic E-state index is -0.777. The van der Waals surface area contributed by atoms with Crippen LogP contribution in [0.2, 0.25) is 0 Å². The maximum absolute atomic E-state index is 10.5. The van der Waals surface area contributed by atoms with Gasteiger partial charge in [-0.3, -0.25) is 0 Å². The summed E-state index contributed by atoms with van der Waals surface area (Å²) in [4.78, 5) is 10.5. The van der Waals surface area contributed by atoms with E-state index in [0.29, 0.717) is 17.9 Å². The highest BCUT2D eigenvalue weighted by atomic mass is 16.4. The quantitative estimate of drug-likeness (QED) is 0.644. The van der Waals surface area contributed by atoms with Crippen LogP contribution < -0.4 is 0 Å². The van der Waals surface area contributed by atoms with Gasteiger partial charge in [-0.05, 0) is 25.7 Å². The molecule has 12 heavy (non-hydrogen) atoms. The fraction of sp³-hybridized carbons (Fsp3) is 0.700. The van der Waals surface area contributed by atoms with Crippen LogP contribution in [-0.2, 0) is 4.79 Å². The standard InChI is InChI=1S/C10H18O2/c1-4-9(10(11)12)7-5-6-8(2)3/h4,8H,5-7H2,1-3H3,(H,11,12). The summed E-state index contributed by atoms with van der Waals surface area (Å²) in [6.45, 7) is 6.07. The highest BCUT2D eigenvalue weighted by Crippen LogP contribution is 2.11. The molecule has 0 spiro atoms. The van der Waals surface area contributed by atoms with Gasteiger partial charge in [0, 0.05) is 5.57 Å². The Morgan fingerprint density at radius 2 is 2.08 bits per heavy atom. The molecule has 0 saturated carbocycles. The van der Waals surface area contributed by atoms with E-state index in [1.54, 1.807) is 13.0 Å². The van der Waals surface area contributed by atoms with E-state index in [9.17, 15) is 4.79 Å². The summed E-state index contributed by atoms with van der Waals surface area (Å²) in [6, 6.07) is 0. The highest BCUT2D eigenvalue weighted by molar-refractivity contribution is 5.86. The van der Waals surface area contributed by atoms with E-state index in [1.807, 2.05) is 0 Å². The molecule has 0 aliphatic carbocycles. The molecule has 0 unspecified atom stereocenters. The molecular formula is C10H18O2. The molecule has 0 heterocycles. The Morgan fingerprint density at radius 1 is 1.50 bits per heavy atom. The predicted molar refractivity (Wildman–Crippen MR) is 50.1 cm³/mol. The number of carboxylic acid groups (broad SMARTS) is 1. The summed E-state index contributed by atoms with van der Waals surface area (Å²) in [5, 5.41) is 8.67. The van der Waals surface area contributed by atoms with E-state index in [4.69, 9.17) is 5.11 Å². The van der Waals surface area contributed by atoms with Gasteiger partial charge in [-0.2, -0.15) is 0 Å². The number of hydrogen-bond acceptors (Lipinski definition) is 1. The third-order valence-corrected chi connectivity index (χ3v) is 1.85. The van der Waals surface area contributed by atoms with Crippen LogP contribution in [0.1, 0.15) is 40.0 Å². The van der Waals surface area contributed by atoms with E-state index in [0.717, 1.165) is 12.8 Å². The van der Waals surface area contributed by atoms with Gasteiger partial charge in [-0.25, -0.2) is 4.79 Å². The van der Waals surface area contributed by atoms with Gasteiger partial charge in [0.1, 0.15) is 0 Å². The molecular weight excluding hydrogens is 152 g/mol. The molecule has 2 heteroatoms. The minimum Gasteiger partial charge on any atom is -0.478 e. The molecule has 0 fully saturated rings. The number of hydrogen-bond donors (Lipinski definition) is 1. The Bertz CT molecular complexity index is 169. The topological polar surface area (TPSA) is 37.3 Å². The average Bonchev–Trinajstić information content (AvgIpc) is 1.96. The van der Waals surface area contributed by atoms with Crippen molar-refractivity contribution in [1.82, 2.24) is 0 Å². The molecule has 0 rings (SSSR count). The van der Waals surface area contributed by atoms with E-state index in [1.165, 1.54) is 0 Å². The maximum Gasteiger partial charge on any atom is 0.331 e. The molecule has 0 atom stereocenters. The van der Waals surface area contributed by atoms with Gasteiger partial charge in [0.25, 0.3) is 0 Å². The predicted octanol–water partition coefficient (Wildman–Crippen LogP) is 2.84. The van der Waals surface area contributed by atoms with Crippen LogP contribution in [0, 0.1) is 5.92 Å². The lowest BCUT2D eigenvalue weighted by molar-refractivity contribution is -0.132. The van der Waals surface area contributed by atoms with Crippen LogP contribution >= 0.6 is 0 Å². The van der Waals surface area contributed by atoms with Crippen molar-refractivity contribution in [2.75, 3.05) is 0 Å². The summed E-state index contributed by atoms with van der Waals surface area (Å²) in [6.07, 6.45) is 4.46. The van der Waals surface area contributed by atoms with Crippen molar-refractivity contribution in [3.8, 4) is 0 Å². The molecule has 0 aromatic heterocycles. The number of carboxylic acids is 1. The first-order chi connectivity index (χ1) is 5.57. The van der Waals surface area contributed by atoms with Gasteiger partial charge in [0.15, 0.2) is 0 Å². The van der Waals surface area contributed by atoms with Gasteiger partial charge >= 0.3 is 5.97 Å². The maximum atomic E-state index is 10.5. The largest absolute Gasteiger partial charge is 0.478 e. The first-order valence-electron chi connectivity index (χ1n) is 4.46. The monoisotopic (exact) mass is 170 g/mol. The second kappa shape index (κ2) is 5.81. The first kappa shape index (κ1) is 11.2. The van der Waals surface area contributed by atoms with E-state index < -0.39 is 5.97 Å². The summed E-state index contributed by atoms with van der Waals surface area (Å²) >= 11 is 0. The van der Waals surface area contributed by atoms with Crippen LogP contribution in [-0.4, -0.2) is 11.1 Å². The number of aliphatic carboxylic acids is 1. The molecule has 0 radical (unpaired) electrons. The Balaban J connectivity index is 3.68. The summed E-state index contributed by atoms with van der Waals surface area (Å²) < 4.78 is 0. The minimum absolute atomic E-state index is 0.538. The van der Waals surface area contributed by atoms with Crippen molar-refractivity contribution in [3.63, 3.8) is 0 Å². The SMILES string of the molecule is CC=C(CCCC(C)C)C(=O)O. The van der Waals surface area contributed by atoms with E-state index in [2.05, 4.69) is 13.8 Å². The van der Waals surface area contributed by atoms with Crippen LogP contribution in [0.3, 0.4) is 0 Å². The second-order valence-corrected chi connectivity index (χ2v) is 3.41. The zero-order chi connectivity index (χ0) is 9.56. The van der Waals surface area contributed by atoms with Gasteiger partial charge < -0.3 is 5.11 Å². The van der Waals surface area contributed by atoms with Crippen molar-refractivity contribution in [2.24, 2.45) is 5.92 Å². The average molecular weight is 170 g/mol. The lowest BCUT2D eigenvalue weighted by Crippen LogP contribution is -2.00. The van der Waals surface area contributed by atoms with Crippen LogP contribution in [0.5, 0.6) is 0 Å².